The number of carbonyl (C=O) groups excluding carboxylic acids is 1. The van der Waals surface area contributed by atoms with E-state index < -0.39 is 0 Å². The van der Waals surface area contributed by atoms with Gasteiger partial charge in [0.05, 0.1) is 0 Å². The van der Waals surface area contributed by atoms with Gasteiger partial charge in [-0.15, -0.1) is 0 Å². The summed E-state index contributed by atoms with van der Waals surface area (Å²) in [4.78, 5) is 11.6. The number of benzene rings is 1. The highest BCUT2D eigenvalue weighted by Gasteiger charge is 2.04. The van der Waals surface area contributed by atoms with Gasteiger partial charge in [-0.25, -0.2) is 0 Å². The summed E-state index contributed by atoms with van der Waals surface area (Å²) in [5.74, 6) is 0.927. The van der Waals surface area contributed by atoms with Crippen LogP contribution in [0, 0.1) is 5.92 Å². The maximum atomic E-state index is 11.6. The standard InChI is InChI=1S/C14H20O/c1-4-5-14(15)13-8-6-12(7-9-13)10-11(2)3/h6-9,11H,4-5,10H2,1-3H3. The molecule has 1 nitrogen and oxygen atoms in total. The number of hydrogen-bond donors (Lipinski definition) is 0. The minimum Gasteiger partial charge on any atom is -0.294 e. The Balaban J connectivity index is 2.67. The molecule has 0 unspecified atom stereocenters. The zero-order chi connectivity index (χ0) is 11.3. The molecule has 0 spiro atoms. The molecule has 82 valence electrons. The van der Waals surface area contributed by atoms with E-state index in [0.29, 0.717) is 12.3 Å². The summed E-state index contributed by atoms with van der Waals surface area (Å²) < 4.78 is 0. The third-order valence-corrected chi connectivity index (χ3v) is 2.40. The Labute approximate surface area is 92.5 Å². The molecule has 0 aromatic heterocycles. The van der Waals surface area contributed by atoms with E-state index in [1.54, 1.807) is 0 Å². The largest absolute Gasteiger partial charge is 0.294 e. The molecule has 0 saturated carbocycles. The molecule has 0 amide bonds. The van der Waals surface area contributed by atoms with Gasteiger partial charge < -0.3 is 0 Å². The Morgan fingerprint density at radius 2 is 1.80 bits per heavy atom. The quantitative estimate of drug-likeness (QED) is 0.665. The molecular weight excluding hydrogens is 184 g/mol. The van der Waals surface area contributed by atoms with Crippen molar-refractivity contribution < 1.29 is 4.79 Å². The van der Waals surface area contributed by atoms with E-state index in [-0.39, 0.29) is 5.78 Å². The van der Waals surface area contributed by atoms with Gasteiger partial charge >= 0.3 is 0 Å². The Morgan fingerprint density at radius 1 is 1.20 bits per heavy atom. The Bertz CT molecular complexity index is 309. The third kappa shape index (κ3) is 3.86. The maximum Gasteiger partial charge on any atom is 0.162 e. The van der Waals surface area contributed by atoms with Gasteiger partial charge in [-0.2, -0.15) is 0 Å². The van der Waals surface area contributed by atoms with Crippen molar-refractivity contribution in [2.24, 2.45) is 5.92 Å². The van der Waals surface area contributed by atoms with Crippen LogP contribution < -0.4 is 0 Å². The molecule has 1 aromatic rings. The second-order valence-corrected chi connectivity index (χ2v) is 4.47. The van der Waals surface area contributed by atoms with Crippen molar-refractivity contribution in [1.82, 2.24) is 0 Å². The fraction of sp³-hybridized carbons (Fsp3) is 0.500. The van der Waals surface area contributed by atoms with Crippen molar-refractivity contribution in [2.75, 3.05) is 0 Å². The summed E-state index contributed by atoms with van der Waals surface area (Å²) in [7, 11) is 0. The zero-order valence-electron chi connectivity index (χ0n) is 9.92. The molecule has 0 radical (unpaired) electrons. The van der Waals surface area contributed by atoms with E-state index in [4.69, 9.17) is 0 Å². The number of rotatable bonds is 5. The van der Waals surface area contributed by atoms with Crippen LogP contribution in [0.2, 0.25) is 0 Å². The monoisotopic (exact) mass is 204 g/mol. The lowest BCUT2D eigenvalue weighted by atomic mass is 10.00. The maximum absolute atomic E-state index is 11.6. The fourth-order valence-electron chi connectivity index (χ4n) is 1.67. The summed E-state index contributed by atoms with van der Waals surface area (Å²) in [5, 5.41) is 0. The smallest absolute Gasteiger partial charge is 0.162 e. The first-order chi connectivity index (χ1) is 7.13. The van der Waals surface area contributed by atoms with Crippen LogP contribution >= 0.6 is 0 Å². The first-order valence-corrected chi connectivity index (χ1v) is 5.75. The average molecular weight is 204 g/mol. The number of Topliss-reactive ketones (excluding diaryl/α,β-unsaturated/α-hetero) is 1. The van der Waals surface area contributed by atoms with E-state index >= 15 is 0 Å². The summed E-state index contributed by atoms with van der Waals surface area (Å²) >= 11 is 0. The fourth-order valence-corrected chi connectivity index (χ4v) is 1.67. The van der Waals surface area contributed by atoms with Gasteiger partial charge in [0.25, 0.3) is 0 Å². The normalized spacial score (nSPS) is 10.7. The van der Waals surface area contributed by atoms with E-state index in [2.05, 4.69) is 26.0 Å². The van der Waals surface area contributed by atoms with Gasteiger partial charge in [0.15, 0.2) is 5.78 Å². The second kappa shape index (κ2) is 5.69. The van der Waals surface area contributed by atoms with E-state index in [1.165, 1.54) is 5.56 Å². The molecule has 0 heterocycles. The molecule has 0 bridgehead atoms. The minimum atomic E-state index is 0.258. The van der Waals surface area contributed by atoms with Crippen molar-refractivity contribution >= 4 is 5.78 Å². The van der Waals surface area contributed by atoms with Crippen LogP contribution in [0.15, 0.2) is 24.3 Å². The zero-order valence-corrected chi connectivity index (χ0v) is 9.92. The average Bonchev–Trinajstić information content (AvgIpc) is 2.18. The molecule has 0 fully saturated rings. The van der Waals surface area contributed by atoms with E-state index in [0.717, 1.165) is 18.4 Å². The lowest BCUT2D eigenvalue weighted by Crippen LogP contribution is -1.99. The molecule has 0 N–H and O–H groups in total. The Morgan fingerprint density at radius 3 is 2.27 bits per heavy atom. The van der Waals surface area contributed by atoms with Gasteiger partial charge in [0, 0.05) is 12.0 Å². The third-order valence-electron chi connectivity index (χ3n) is 2.40. The van der Waals surface area contributed by atoms with Crippen LogP contribution in [0.25, 0.3) is 0 Å². The predicted molar refractivity (Wildman–Crippen MR) is 64.2 cm³/mol. The van der Waals surface area contributed by atoms with Crippen LogP contribution in [0.3, 0.4) is 0 Å². The van der Waals surface area contributed by atoms with Crippen molar-refractivity contribution in [1.29, 1.82) is 0 Å². The van der Waals surface area contributed by atoms with E-state index in [1.807, 2.05) is 19.1 Å². The van der Waals surface area contributed by atoms with Crippen LogP contribution in [0.5, 0.6) is 0 Å². The molecule has 0 atom stereocenters. The SMILES string of the molecule is CCCC(=O)c1ccc(CC(C)C)cc1. The highest BCUT2D eigenvalue weighted by atomic mass is 16.1. The predicted octanol–water partition coefficient (Wildman–Crippen LogP) is 3.87. The first-order valence-electron chi connectivity index (χ1n) is 5.75. The summed E-state index contributed by atoms with van der Waals surface area (Å²) in [5.41, 5.74) is 2.17. The van der Waals surface area contributed by atoms with Crippen LogP contribution in [-0.4, -0.2) is 5.78 Å². The molecule has 0 aliphatic heterocycles. The molecule has 1 rings (SSSR count). The highest BCUT2D eigenvalue weighted by molar-refractivity contribution is 5.95. The molecular formula is C14H20O. The summed E-state index contributed by atoms with van der Waals surface area (Å²) in [6.45, 7) is 6.44. The topological polar surface area (TPSA) is 17.1 Å². The number of hydrogen-bond acceptors (Lipinski definition) is 1. The number of ketones is 1. The van der Waals surface area contributed by atoms with Crippen LogP contribution in [0.1, 0.15) is 49.5 Å². The Hall–Kier alpha value is -1.11. The van der Waals surface area contributed by atoms with Crippen molar-refractivity contribution in [3.63, 3.8) is 0 Å². The van der Waals surface area contributed by atoms with Crippen molar-refractivity contribution in [3.05, 3.63) is 35.4 Å². The van der Waals surface area contributed by atoms with Crippen molar-refractivity contribution in [2.45, 2.75) is 40.0 Å². The van der Waals surface area contributed by atoms with Crippen molar-refractivity contribution in [3.8, 4) is 0 Å². The molecule has 1 heteroatoms. The van der Waals surface area contributed by atoms with Crippen LogP contribution in [-0.2, 0) is 6.42 Å². The van der Waals surface area contributed by atoms with E-state index in [9.17, 15) is 4.79 Å². The lowest BCUT2D eigenvalue weighted by molar-refractivity contribution is 0.0982. The molecule has 15 heavy (non-hydrogen) atoms. The van der Waals surface area contributed by atoms with Gasteiger partial charge in [0.2, 0.25) is 0 Å². The number of carbonyl (C=O) groups is 1. The molecule has 0 saturated heterocycles. The Kier molecular flexibility index (Phi) is 4.54. The molecule has 1 aromatic carbocycles. The second-order valence-electron chi connectivity index (χ2n) is 4.47. The van der Waals surface area contributed by atoms with Crippen LogP contribution in [0.4, 0.5) is 0 Å². The van der Waals surface area contributed by atoms with Gasteiger partial charge in [0.1, 0.15) is 0 Å². The lowest BCUT2D eigenvalue weighted by Gasteiger charge is -2.05. The first kappa shape index (κ1) is 12.0. The van der Waals surface area contributed by atoms with Gasteiger partial charge in [-0.3, -0.25) is 4.79 Å². The summed E-state index contributed by atoms with van der Waals surface area (Å²) in [6, 6.07) is 8.05. The van der Waals surface area contributed by atoms with Gasteiger partial charge in [-0.05, 0) is 24.3 Å². The molecule has 0 aliphatic rings. The minimum absolute atomic E-state index is 0.258. The summed E-state index contributed by atoms with van der Waals surface area (Å²) in [6.07, 6.45) is 2.67. The van der Waals surface area contributed by atoms with Gasteiger partial charge in [-0.1, -0.05) is 45.0 Å². The molecule has 0 aliphatic carbocycles. The highest BCUT2D eigenvalue weighted by Crippen LogP contribution is 2.11.